The van der Waals surface area contributed by atoms with Crippen molar-refractivity contribution in [2.24, 2.45) is 0 Å². The predicted octanol–water partition coefficient (Wildman–Crippen LogP) is 4.89. The fraction of sp³-hybridized carbons (Fsp3) is 0. The van der Waals surface area contributed by atoms with Crippen molar-refractivity contribution in [2.45, 2.75) is 0 Å². The zero-order valence-corrected chi connectivity index (χ0v) is 11.9. The van der Waals surface area contributed by atoms with E-state index in [0.29, 0.717) is 11.6 Å². The van der Waals surface area contributed by atoms with Crippen LogP contribution in [0.25, 0.3) is 22.6 Å². The number of aromatic hydroxyl groups is 1. The predicted molar refractivity (Wildman–Crippen MR) is 87.6 cm³/mol. The summed E-state index contributed by atoms with van der Waals surface area (Å²) < 4.78 is 5.64. The normalized spacial score (nSPS) is 10.0. The third kappa shape index (κ3) is 3.33. The Morgan fingerprint density at radius 1 is 0.682 bits per heavy atom. The highest BCUT2D eigenvalue weighted by Gasteiger charge is 2.05. The summed E-state index contributed by atoms with van der Waals surface area (Å²) in [6.45, 7) is 0. The largest absolute Gasteiger partial charge is 0.508 e. The summed E-state index contributed by atoms with van der Waals surface area (Å²) in [5, 5.41) is 8.63. The number of fused-ring (bicyclic) bond motifs is 1. The molecule has 108 valence electrons. The number of oxazole rings is 1. The molecular formula is C19H15NO2. The molecule has 3 aromatic carbocycles. The number of phenolic OH excluding ortho intramolecular Hbond substituents is 1. The lowest BCUT2D eigenvalue weighted by molar-refractivity contribution is 0.475. The molecular weight excluding hydrogens is 274 g/mol. The van der Waals surface area contributed by atoms with Crippen molar-refractivity contribution in [2.75, 3.05) is 0 Å². The Balaban J connectivity index is 0.000000174. The molecule has 0 fully saturated rings. The molecule has 3 heteroatoms. The minimum atomic E-state index is 0.322. The first-order valence-corrected chi connectivity index (χ1v) is 6.98. The van der Waals surface area contributed by atoms with Crippen molar-refractivity contribution in [1.82, 2.24) is 4.98 Å². The van der Waals surface area contributed by atoms with Crippen molar-refractivity contribution in [1.29, 1.82) is 0 Å². The molecule has 0 atom stereocenters. The van der Waals surface area contributed by atoms with E-state index in [4.69, 9.17) is 9.52 Å². The highest BCUT2D eigenvalue weighted by molar-refractivity contribution is 5.75. The molecule has 1 aromatic heterocycles. The van der Waals surface area contributed by atoms with Crippen molar-refractivity contribution in [3.05, 3.63) is 84.9 Å². The molecule has 0 radical (unpaired) electrons. The highest BCUT2D eigenvalue weighted by atomic mass is 16.3. The summed E-state index contributed by atoms with van der Waals surface area (Å²) in [5.74, 6) is 0.999. The smallest absolute Gasteiger partial charge is 0.227 e. The van der Waals surface area contributed by atoms with Crippen LogP contribution in [0.15, 0.2) is 89.3 Å². The van der Waals surface area contributed by atoms with Crippen LogP contribution in [-0.2, 0) is 0 Å². The molecule has 0 amide bonds. The maximum absolute atomic E-state index is 8.63. The summed E-state index contributed by atoms with van der Waals surface area (Å²) in [5.41, 5.74) is 2.74. The molecule has 0 saturated carbocycles. The van der Waals surface area contributed by atoms with Gasteiger partial charge < -0.3 is 9.52 Å². The van der Waals surface area contributed by atoms with Gasteiger partial charge in [0.25, 0.3) is 0 Å². The Kier molecular flexibility index (Phi) is 4.16. The molecule has 22 heavy (non-hydrogen) atoms. The van der Waals surface area contributed by atoms with Gasteiger partial charge in [-0.1, -0.05) is 48.5 Å². The number of hydrogen-bond donors (Lipinski definition) is 1. The van der Waals surface area contributed by atoms with Gasteiger partial charge in [0.1, 0.15) is 11.3 Å². The molecule has 1 heterocycles. The summed E-state index contributed by atoms with van der Waals surface area (Å²) >= 11 is 0. The molecule has 4 rings (SSSR count). The number of benzene rings is 3. The molecule has 0 aliphatic heterocycles. The molecule has 4 aromatic rings. The van der Waals surface area contributed by atoms with E-state index >= 15 is 0 Å². The van der Waals surface area contributed by atoms with Gasteiger partial charge in [-0.15, -0.1) is 0 Å². The van der Waals surface area contributed by atoms with Gasteiger partial charge >= 0.3 is 0 Å². The lowest BCUT2D eigenvalue weighted by atomic mass is 10.2. The number of para-hydroxylation sites is 3. The van der Waals surface area contributed by atoms with Gasteiger partial charge in [0.2, 0.25) is 5.89 Å². The fourth-order valence-corrected chi connectivity index (χ4v) is 2.00. The van der Waals surface area contributed by atoms with Crippen molar-refractivity contribution >= 4 is 11.1 Å². The van der Waals surface area contributed by atoms with Crippen LogP contribution < -0.4 is 0 Å². The Hall–Kier alpha value is -3.07. The Bertz CT molecular complexity index is 806. The van der Waals surface area contributed by atoms with E-state index in [1.54, 1.807) is 24.3 Å². The monoisotopic (exact) mass is 289 g/mol. The fourth-order valence-electron chi connectivity index (χ4n) is 2.00. The van der Waals surface area contributed by atoms with E-state index in [9.17, 15) is 0 Å². The van der Waals surface area contributed by atoms with Gasteiger partial charge in [0.05, 0.1) is 0 Å². The van der Waals surface area contributed by atoms with Crippen LogP contribution in [0.2, 0.25) is 0 Å². The summed E-state index contributed by atoms with van der Waals surface area (Å²) in [6.07, 6.45) is 0. The van der Waals surface area contributed by atoms with Gasteiger partial charge in [-0.2, -0.15) is 0 Å². The second kappa shape index (κ2) is 6.59. The zero-order chi connectivity index (χ0) is 15.2. The summed E-state index contributed by atoms with van der Waals surface area (Å²) in [7, 11) is 0. The van der Waals surface area contributed by atoms with Crippen LogP contribution >= 0.6 is 0 Å². The Labute approximate surface area is 128 Å². The van der Waals surface area contributed by atoms with Crippen molar-refractivity contribution < 1.29 is 9.52 Å². The lowest BCUT2D eigenvalue weighted by Crippen LogP contribution is -1.74. The maximum Gasteiger partial charge on any atom is 0.227 e. The topological polar surface area (TPSA) is 46.3 Å². The average Bonchev–Trinajstić information content (AvgIpc) is 3.01. The van der Waals surface area contributed by atoms with Crippen LogP contribution in [0.1, 0.15) is 0 Å². The lowest BCUT2D eigenvalue weighted by Gasteiger charge is -1.91. The number of aromatic nitrogens is 1. The Morgan fingerprint density at radius 2 is 1.27 bits per heavy atom. The van der Waals surface area contributed by atoms with Gasteiger partial charge in [0.15, 0.2) is 5.58 Å². The number of rotatable bonds is 1. The van der Waals surface area contributed by atoms with Gasteiger partial charge in [-0.25, -0.2) is 4.98 Å². The third-order valence-electron chi connectivity index (χ3n) is 3.07. The van der Waals surface area contributed by atoms with Crippen LogP contribution in [-0.4, -0.2) is 10.1 Å². The first kappa shape index (κ1) is 13.9. The van der Waals surface area contributed by atoms with E-state index in [1.807, 2.05) is 60.7 Å². The zero-order valence-electron chi connectivity index (χ0n) is 11.9. The van der Waals surface area contributed by atoms with E-state index in [0.717, 1.165) is 16.7 Å². The second-order valence-electron chi connectivity index (χ2n) is 4.69. The quantitative estimate of drug-likeness (QED) is 0.543. The number of hydrogen-bond acceptors (Lipinski definition) is 3. The van der Waals surface area contributed by atoms with E-state index in [2.05, 4.69) is 4.98 Å². The molecule has 0 aliphatic rings. The third-order valence-corrected chi connectivity index (χ3v) is 3.07. The standard InChI is InChI=1S/C13H9NO.C6H6O/c1-2-6-10(7-3-1)13-14-11-8-4-5-9-12(11)15-13;7-6-4-2-1-3-5-6/h1-9H;1-5,7H. The van der Waals surface area contributed by atoms with Crippen LogP contribution in [0.3, 0.4) is 0 Å². The molecule has 0 saturated heterocycles. The van der Waals surface area contributed by atoms with Crippen molar-refractivity contribution in [3.63, 3.8) is 0 Å². The molecule has 1 N–H and O–H groups in total. The Morgan fingerprint density at radius 3 is 1.86 bits per heavy atom. The van der Waals surface area contributed by atoms with E-state index in [1.165, 1.54) is 0 Å². The van der Waals surface area contributed by atoms with E-state index < -0.39 is 0 Å². The second-order valence-corrected chi connectivity index (χ2v) is 4.69. The van der Waals surface area contributed by atoms with Gasteiger partial charge in [-0.05, 0) is 36.4 Å². The first-order valence-electron chi connectivity index (χ1n) is 6.98. The molecule has 0 aliphatic carbocycles. The number of phenols is 1. The van der Waals surface area contributed by atoms with Crippen LogP contribution in [0, 0.1) is 0 Å². The summed E-state index contributed by atoms with van der Waals surface area (Å²) in [6, 6.07) is 26.4. The maximum atomic E-state index is 8.63. The number of nitrogens with zero attached hydrogens (tertiary/aromatic N) is 1. The van der Waals surface area contributed by atoms with Crippen molar-refractivity contribution in [3.8, 4) is 17.2 Å². The molecule has 3 nitrogen and oxygen atoms in total. The average molecular weight is 289 g/mol. The van der Waals surface area contributed by atoms with Gasteiger partial charge in [0, 0.05) is 5.56 Å². The first-order chi connectivity index (χ1) is 10.8. The van der Waals surface area contributed by atoms with Crippen LogP contribution in [0.4, 0.5) is 0 Å². The highest BCUT2D eigenvalue weighted by Crippen LogP contribution is 2.23. The summed E-state index contributed by atoms with van der Waals surface area (Å²) in [4.78, 5) is 4.42. The SMILES string of the molecule is Oc1ccccc1.c1ccc(-c2nc3ccccc3o2)cc1. The van der Waals surface area contributed by atoms with Gasteiger partial charge in [-0.3, -0.25) is 0 Å². The van der Waals surface area contributed by atoms with E-state index in [-0.39, 0.29) is 0 Å². The molecule has 0 bridgehead atoms. The molecule has 0 unspecified atom stereocenters. The van der Waals surface area contributed by atoms with Crippen LogP contribution in [0.5, 0.6) is 5.75 Å². The minimum absolute atomic E-state index is 0.322. The molecule has 0 spiro atoms. The minimum Gasteiger partial charge on any atom is -0.508 e.